The van der Waals surface area contributed by atoms with Gasteiger partial charge in [0, 0.05) is 186 Å². The zero-order valence-electron chi connectivity index (χ0n) is 76.0. The van der Waals surface area contributed by atoms with E-state index in [0.29, 0.717) is 200 Å². The predicted octanol–water partition coefficient (Wildman–Crippen LogP) is 7.37. The fourth-order valence-electron chi connectivity index (χ4n) is 13.2. The first-order valence-corrected chi connectivity index (χ1v) is 42.8. The van der Waals surface area contributed by atoms with Crippen molar-refractivity contribution in [3.8, 4) is 0 Å². The first kappa shape index (κ1) is 114. The molecule has 5 N–H and O–H groups in total. The Morgan fingerprint density at radius 1 is 0.359 bits per heavy atom. The van der Waals surface area contributed by atoms with Gasteiger partial charge in [0.1, 0.15) is 28.2 Å². The summed E-state index contributed by atoms with van der Waals surface area (Å²) in [7, 11) is 0. The summed E-state index contributed by atoms with van der Waals surface area (Å²) in [5.74, 6) is -5.28. The summed E-state index contributed by atoms with van der Waals surface area (Å²) >= 11 is 0. The van der Waals surface area contributed by atoms with Gasteiger partial charge in [0.25, 0.3) is 11.8 Å². The van der Waals surface area contributed by atoms with E-state index in [1.165, 1.54) is 0 Å². The van der Waals surface area contributed by atoms with Crippen LogP contribution in [0.1, 0.15) is 157 Å². The summed E-state index contributed by atoms with van der Waals surface area (Å²) < 4.78 is 38.3. The van der Waals surface area contributed by atoms with E-state index in [1.807, 2.05) is 166 Å². The highest BCUT2D eigenvalue weighted by atomic mass is 16.7. The minimum absolute atomic E-state index is 0. The number of amides is 2. The number of carbonyl (C=O) groups excluding carboxylic acids is 8. The molecule has 4 aliphatic heterocycles. The molecule has 4 aliphatic rings. The zero-order chi connectivity index (χ0) is 93.3. The molecule has 718 valence electrons. The summed E-state index contributed by atoms with van der Waals surface area (Å²) in [6.07, 6.45) is 1.48. The molecule has 39 nitrogen and oxygen atoms in total. The highest BCUT2D eigenvalue weighted by Gasteiger charge is 2.34. The standard InChI is InChI=1S/C31H46N4O8.C28H44N6O8.C27H43N3O6.CH4N4.2CH4/c1-30(2,3)41-28(39)21-33-15-13-32(14-16-34(18-17-33)22-29(40)42-31(4,5)6)20-24-9-7-23(8-10-24)19-27(38)43-35-25(36)11-12-26(35)37;29-31-30-7-15-41-17-19-42-18-16-40-14-1-2-26(35)20-24-3-5-25(6-4-24)21-32-8-10-33(22-27(36)37)12-13-34(11-9-32)23-28(38)39;1-26(2,3)35-24(33)19-29-13-11-28(18-22-9-7-21(8-10-22)17-23(31)32)12-14-30(16-15-29)20-25(34)36-27(4,5)6;2-1-4-5-3;;/h7-10H,11-22H2,1-6H3;3-6H,1-2,7-23H2,(H,36,37)(H,38,39);7-10H,11-20H2,1-6H3,(H,31,32);1-2H2;2*1H4. The monoisotopic (exact) mass is 1800 g/mol. The highest BCUT2D eigenvalue weighted by molar-refractivity contribution is 6.01. The van der Waals surface area contributed by atoms with Crippen LogP contribution in [0.15, 0.2) is 83.0 Å². The lowest BCUT2D eigenvalue weighted by Crippen LogP contribution is -2.42. The quantitative estimate of drug-likeness (QED) is 0.00823. The average molecular weight is 1810 g/mol. The van der Waals surface area contributed by atoms with Gasteiger partial charge in [-0.1, -0.05) is 97.9 Å². The topological polar surface area (TPSA) is 478 Å². The number of aliphatic carboxylic acids is 3. The second kappa shape index (κ2) is 61.0. The summed E-state index contributed by atoms with van der Waals surface area (Å²) in [5, 5.41) is 34.3. The van der Waals surface area contributed by atoms with E-state index in [-0.39, 0.29) is 116 Å². The molecule has 0 saturated carbocycles. The van der Waals surface area contributed by atoms with Crippen molar-refractivity contribution in [2.24, 2.45) is 16.0 Å². The van der Waals surface area contributed by atoms with E-state index in [0.717, 1.165) is 40.9 Å². The molecule has 0 aromatic heterocycles. The number of imide groups is 1. The van der Waals surface area contributed by atoms with Crippen molar-refractivity contribution in [1.82, 2.24) is 49.2 Å². The van der Waals surface area contributed by atoms with Crippen LogP contribution in [0.2, 0.25) is 0 Å². The number of ketones is 1. The van der Waals surface area contributed by atoms with Gasteiger partial charge in [-0.15, -0.1) is 5.06 Å². The van der Waals surface area contributed by atoms with Gasteiger partial charge in [-0.2, -0.15) is 0 Å². The molecule has 4 fully saturated rings. The maximum absolute atomic E-state index is 12.6. The number of hydrogen-bond donors (Lipinski definition) is 4. The molecule has 4 heterocycles. The van der Waals surface area contributed by atoms with E-state index in [2.05, 4.69) is 54.4 Å². The zero-order valence-corrected chi connectivity index (χ0v) is 76.0. The number of rotatable bonds is 39. The molecule has 128 heavy (non-hydrogen) atoms. The van der Waals surface area contributed by atoms with Crippen LogP contribution in [0, 0.1) is 0 Å². The fraction of sp³-hybridized carbons (Fsp3) is 0.674. The molecule has 2 amide bonds. The minimum atomic E-state index is -0.896. The van der Waals surface area contributed by atoms with Gasteiger partial charge < -0.3 is 59.0 Å². The van der Waals surface area contributed by atoms with Gasteiger partial charge in [0.05, 0.1) is 91.8 Å². The molecule has 4 saturated heterocycles. The Kier molecular flexibility index (Phi) is 54.5. The van der Waals surface area contributed by atoms with Crippen LogP contribution in [-0.4, -0.2) is 362 Å². The van der Waals surface area contributed by atoms with Crippen LogP contribution >= 0.6 is 0 Å². The molecule has 39 heteroatoms. The first-order chi connectivity index (χ1) is 59.5. The van der Waals surface area contributed by atoms with Gasteiger partial charge in [0.2, 0.25) is 0 Å². The van der Waals surface area contributed by atoms with Crippen molar-refractivity contribution < 1.29 is 106 Å². The van der Waals surface area contributed by atoms with Crippen LogP contribution in [0.25, 0.3) is 20.9 Å². The average Bonchev–Trinajstić information content (AvgIpc) is 1.64. The summed E-state index contributed by atoms with van der Waals surface area (Å²) in [5.41, 5.74) is 23.7. The van der Waals surface area contributed by atoms with Crippen molar-refractivity contribution >= 4 is 65.4 Å². The third kappa shape index (κ3) is 55.3. The van der Waals surface area contributed by atoms with Gasteiger partial charge in [0.15, 0.2) is 0 Å². The number of ether oxygens (including phenoxy) is 7. The highest BCUT2D eigenvalue weighted by Crippen LogP contribution is 2.20. The summed E-state index contributed by atoms with van der Waals surface area (Å²) in [6.45, 7) is 39.3. The number of benzene rings is 3. The molecular weight excluding hydrogens is 1660 g/mol. The Bertz CT molecular complexity index is 3830. The number of esters is 4. The Morgan fingerprint density at radius 3 is 0.898 bits per heavy atom. The van der Waals surface area contributed by atoms with E-state index in [1.54, 1.807) is 0 Å². The number of azide groups is 2. The number of nitrogens with zero attached hydrogens (tertiary/aromatic N) is 16. The number of nitrogens with two attached hydrogens (primary N) is 1. The molecule has 0 aliphatic carbocycles. The third-order valence-electron chi connectivity index (χ3n) is 19.0. The number of Topliss-reactive ketones (excluding diaryl/α,β-unsaturated/α-hetero) is 1. The predicted molar refractivity (Wildman–Crippen MR) is 481 cm³/mol. The maximum Gasteiger partial charge on any atom is 0.337 e. The molecule has 0 bridgehead atoms. The van der Waals surface area contributed by atoms with E-state index in [4.69, 9.17) is 59.9 Å². The van der Waals surface area contributed by atoms with Crippen LogP contribution in [0.5, 0.6) is 0 Å². The summed E-state index contributed by atoms with van der Waals surface area (Å²) in [6, 6.07) is 23.1. The first-order valence-electron chi connectivity index (χ1n) is 42.8. The van der Waals surface area contributed by atoms with E-state index < -0.39 is 58.1 Å². The number of hydrogen-bond acceptors (Lipinski definition) is 31. The maximum atomic E-state index is 12.6. The Balaban J connectivity index is 0.000000630. The van der Waals surface area contributed by atoms with Gasteiger partial charge in [-0.05, 0) is 134 Å². The SMILES string of the molecule is C.C.CC(C)(C)OC(=O)CN1CCN(CC(=O)OC(C)(C)C)CCN(Cc2ccc(CC(=O)O)cc2)CC1.CC(C)(C)OC(=O)CN1CCN(CC(=O)OC(C)(C)C)CCN(Cc2ccc(CC(=O)ON3C(=O)CCC3=O)cc2)CC1.[N-]=[N+]=NCCOCCOCCOCCCC(=O)Cc1ccc(CN2CCN(CC(=O)O)CCN(CC(=O)O)CC2)cc1.[N-]=[N+]=NCN. The Labute approximate surface area is 755 Å². The Morgan fingerprint density at radius 2 is 0.625 bits per heavy atom. The van der Waals surface area contributed by atoms with E-state index in [9.17, 15) is 63.0 Å². The molecule has 7 rings (SSSR count). The second-order valence-corrected chi connectivity index (χ2v) is 34.9. The third-order valence-corrected chi connectivity index (χ3v) is 19.0. The number of carboxylic acids is 3. The van der Waals surface area contributed by atoms with Gasteiger partial charge in [-0.3, -0.25) is 92.0 Å². The van der Waals surface area contributed by atoms with Crippen LogP contribution < -0.4 is 5.73 Å². The lowest BCUT2D eigenvalue weighted by molar-refractivity contribution is -0.197. The number of carboxylic acid groups (broad SMARTS) is 3. The second-order valence-electron chi connectivity index (χ2n) is 34.9. The number of hydroxylamine groups is 2. The van der Waals surface area contributed by atoms with Crippen LogP contribution in [0.4, 0.5) is 0 Å². The lowest BCUT2D eigenvalue weighted by atomic mass is 10.0. The molecular formula is C89H145N17O22. The van der Waals surface area contributed by atoms with Gasteiger partial charge >= 0.3 is 47.8 Å². The van der Waals surface area contributed by atoms with Crippen LogP contribution in [0.3, 0.4) is 0 Å². The normalized spacial score (nSPS) is 16.1. The fourth-order valence-corrected chi connectivity index (χ4v) is 13.2. The largest absolute Gasteiger partial charge is 0.481 e. The van der Waals surface area contributed by atoms with Gasteiger partial charge in [-0.25, -0.2) is 4.79 Å². The van der Waals surface area contributed by atoms with Crippen molar-refractivity contribution in [3.63, 3.8) is 0 Å². The lowest BCUT2D eigenvalue weighted by Gasteiger charge is -2.27. The smallest absolute Gasteiger partial charge is 0.337 e. The minimum Gasteiger partial charge on any atom is -0.481 e. The molecule has 0 unspecified atom stereocenters. The van der Waals surface area contributed by atoms with Crippen molar-refractivity contribution in [2.75, 3.05) is 210 Å². The molecule has 0 atom stereocenters. The van der Waals surface area contributed by atoms with E-state index >= 15 is 0 Å². The van der Waals surface area contributed by atoms with Crippen molar-refractivity contribution in [1.29, 1.82) is 0 Å². The van der Waals surface area contributed by atoms with Crippen LogP contribution in [-0.2, 0) is 130 Å². The Hall–Kier alpha value is -9.67. The van der Waals surface area contributed by atoms with Crippen molar-refractivity contribution in [2.45, 2.75) is 185 Å². The summed E-state index contributed by atoms with van der Waals surface area (Å²) in [4.78, 5) is 160. The molecule has 0 spiro atoms. The van der Waals surface area contributed by atoms with Crippen molar-refractivity contribution in [3.05, 3.63) is 127 Å². The molecule has 0 radical (unpaired) electrons. The molecule has 3 aromatic rings. The number of carbonyl (C=O) groups is 11. The molecule has 3 aromatic carbocycles.